The number of allylic oxidation sites excluding steroid dienone is 7. The van der Waals surface area contributed by atoms with Gasteiger partial charge in [-0.1, -0.05) is 6.08 Å². The molecule has 24 heavy (non-hydrogen) atoms. The number of aliphatic carboxylic acids is 1. The van der Waals surface area contributed by atoms with Gasteiger partial charge in [0.1, 0.15) is 6.17 Å². The number of rotatable bonds is 6. The zero-order chi connectivity index (χ0) is 17.2. The van der Waals surface area contributed by atoms with Crippen LogP contribution < -0.4 is 0 Å². The van der Waals surface area contributed by atoms with Crippen LogP contribution in [0.3, 0.4) is 0 Å². The molecular formula is C19H20FNO2S. The predicted molar refractivity (Wildman–Crippen MR) is 93.1 cm³/mol. The lowest BCUT2D eigenvalue weighted by Crippen LogP contribution is -2.13. The summed E-state index contributed by atoms with van der Waals surface area (Å²) in [6.45, 7) is 0. The van der Waals surface area contributed by atoms with Crippen molar-refractivity contribution in [2.24, 2.45) is 5.41 Å². The first-order chi connectivity index (χ1) is 11.5. The van der Waals surface area contributed by atoms with E-state index in [1.54, 1.807) is 17.8 Å². The molecule has 3 aliphatic rings. The van der Waals surface area contributed by atoms with Crippen LogP contribution in [-0.2, 0) is 4.79 Å². The van der Waals surface area contributed by atoms with Crippen LogP contribution in [0, 0.1) is 16.7 Å². The molecule has 0 aromatic rings. The third-order valence-electron chi connectivity index (χ3n) is 4.85. The summed E-state index contributed by atoms with van der Waals surface area (Å²) in [5, 5.41) is 18.0. The molecule has 0 saturated heterocycles. The van der Waals surface area contributed by atoms with E-state index in [0.29, 0.717) is 12.8 Å². The van der Waals surface area contributed by atoms with Crippen molar-refractivity contribution in [2.75, 3.05) is 5.75 Å². The van der Waals surface area contributed by atoms with Crippen molar-refractivity contribution in [1.82, 2.24) is 0 Å². The van der Waals surface area contributed by atoms with Crippen molar-refractivity contribution >= 4 is 17.7 Å². The predicted octanol–water partition coefficient (Wildman–Crippen LogP) is 4.70. The van der Waals surface area contributed by atoms with E-state index >= 15 is 0 Å². The average Bonchev–Trinajstić information content (AvgIpc) is 3.32. The molecule has 3 rings (SSSR count). The normalized spacial score (nSPS) is 24.9. The third kappa shape index (κ3) is 3.99. The second kappa shape index (κ2) is 6.98. The van der Waals surface area contributed by atoms with Crippen LogP contribution in [0.15, 0.2) is 45.9 Å². The van der Waals surface area contributed by atoms with Gasteiger partial charge in [-0.3, -0.25) is 4.79 Å². The number of hydrogen-bond donors (Lipinski definition) is 1. The smallest absolute Gasteiger partial charge is 0.303 e. The average molecular weight is 345 g/mol. The number of alkyl halides is 1. The minimum absolute atomic E-state index is 0.0795. The second-order valence-corrected chi connectivity index (χ2v) is 7.79. The lowest BCUT2D eigenvalue weighted by Gasteiger charge is -2.23. The lowest BCUT2D eigenvalue weighted by atomic mass is 9.89. The van der Waals surface area contributed by atoms with Crippen molar-refractivity contribution in [1.29, 1.82) is 5.26 Å². The molecule has 0 aliphatic heterocycles. The maximum absolute atomic E-state index is 13.9. The fourth-order valence-corrected chi connectivity index (χ4v) is 4.58. The maximum Gasteiger partial charge on any atom is 0.303 e. The van der Waals surface area contributed by atoms with E-state index in [-0.39, 0.29) is 11.8 Å². The molecule has 0 bridgehead atoms. The Morgan fingerprint density at radius 2 is 2.21 bits per heavy atom. The Bertz CT molecular complexity index is 707. The Morgan fingerprint density at radius 3 is 2.79 bits per heavy atom. The van der Waals surface area contributed by atoms with Crippen molar-refractivity contribution < 1.29 is 14.3 Å². The Labute approximate surface area is 145 Å². The molecule has 1 N–H and O–H groups in total. The molecule has 0 aromatic heterocycles. The molecule has 1 atom stereocenters. The topological polar surface area (TPSA) is 61.1 Å². The van der Waals surface area contributed by atoms with Gasteiger partial charge in [0, 0.05) is 22.7 Å². The first-order valence-electron chi connectivity index (χ1n) is 8.22. The molecular weight excluding hydrogens is 325 g/mol. The van der Waals surface area contributed by atoms with E-state index in [2.05, 4.69) is 6.07 Å². The number of thioether (sulfide) groups is 1. The summed E-state index contributed by atoms with van der Waals surface area (Å²) >= 11 is 1.66. The lowest BCUT2D eigenvalue weighted by molar-refractivity contribution is -0.138. The molecule has 3 nitrogen and oxygen atoms in total. The SMILES string of the molecule is N#CC1=CC=C(C2=C(SCC3(CC(=O)O)CC3)C=CC(F)C2)CC1. The quantitative estimate of drug-likeness (QED) is 0.758. The van der Waals surface area contributed by atoms with Crippen molar-refractivity contribution in [2.45, 2.75) is 44.7 Å². The summed E-state index contributed by atoms with van der Waals surface area (Å²) in [4.78, 5) is 12.0. The number of halogens is 1. The highest BCUT2D eigenvalue weighted by molar-refractivity contribution is 8.03. The molecule has 0 heterocycles. The number of nitriles is 1. The van der Waals surface area contributed by atoms with E-state index in [1.165, 1.54) is 0 Å². The Hall–Kier alpha value is -1.80. The molecule has 0 amide bonds. The summed E-state index contributed by atoms with van der Waals surface area (Å²) < 4.78 is 13.9. The number of carboxylic acid groups (broad SMARTS) is 1. The fraction of sp³-hybridized carbons (Fsp3) is 0.474. The van der Waals surface area contributed by atoms with Crippen molar-refractivity contribution in [3.63, 3.8) is 0 Å². The van der Waals surface area contributed by atoms with Gasteiger partial charge >= 0.3 is 5.97 Å². The standard InChI is InChI=1S/C19H20FNO2S/c20-15-5-6-17(24-12-19(7-8-19)10-18(22)23)16(9-15)14-3-1-13(11-21)2-4-14/h1,3,5-6,15H,2,4,7-10,12H2,(H,22,23). The summed E-state index contributed by atoms with van der Waals surface area (Å²) in [6, 6.07) is 2.17. The third-order valence-corrected chi connectivity index (χ3v) is 6.30. The van der Waals surface area contributed by atoms with Crippen molar-refractivity contribution in [3.8, 4) is 6.07 Å². The first kappa shape index (κ1) is 17.0. The van der Waals surface area contributed by atoms with Gasteiger partial charge in [0.2, 0.25) is 0 Å². The Balaban J connectivity index is 1.77. The zero-order valence-electron chi connectivity index (χ0n) is 13.4. The fourth-order valence-electron chi connectivity index (χ4n) is 3.16. The molecule has 0 radical (unpaired) electrons. The van der Waals surface area contributed by atoms with Gasteiger partial charge in [-0.05, 0) is 60.5 Å². The van der Waals surface area contributed by atoms with Crippen LogP contribution in [0.4, 0.5) is 4.39 Å². The molecule has 1 fully saturated rings. The molecule has 0 aromatic carbocycles. The molecule has 5 heteroatoms. The number of carbonyl (C=O) groups is 1. The number of hydrogen-bond acceptors (Lipinski definition) is 3. The molecule has 3 aliphatic carbocycles. The van der Waals surface area contributed by atoms with Gasteiger partial charge in [-0.15, -0.1) is 11.8 Å². The molecule has 126 valence electrons. The molecule has 0 spiro atoms. The van der Waals surface area contributed by atoms with Crippen LogP contribution in [0.25, 0.3) is 0 Å². The summed E-state index contributed by atoms with van der Waals surface area (Å²) in [6.07, 6.45) is 10.2. The van der Waals surface area contributed by atoms with E-state index in [0.717, 1.165) is 46.6 Å². The van der Waals surface area contributed by atoms with Gasteiger partial charge < -0.3 is 5.11 Å². The van der Waals surface area contributed by atoms with Crippen LogP contribution >= 0.6 is 11.8 Å². The largest absolute Gasteiger partial charge is 0.481 e. The monoisotopic (exact) mass is 345 g/mol. The summed E-state index contributed by atoms with van der Waals surface area (Å²) in [5.74, 6) is 0.0286. The van der Waals surface area contributed by atoms with Crippen LogP contribution in [0.5, 0.6) is 0 Å². The highest BCUT2D eigenvalue weighted by Gasteiger charge is 2.44. The number of nitrogens with zero attached hydrogens (tertiary/aromatic N) is 1. The Kier molecular flexibility index (Phi) is 4.96. The van der Waals surface area contributed by atoms with Crippen LogP contribution in [-0.4, -0.2) is 23.0 Å². The van der Waals surface area contributed by atoms with E-state index < -0.39 is 12.1 Å². The van der Waals surface area contributed by atoms with Gasteiger partial charge in [-0.2, -0.15) is 5.26 Å². The Morgan fingerprint density at radius 1 is 1.42 bits per heavy atom. The summed E-state index contributed by atoms with van der Waals surface area (Å²) in [7, 11) is 0. The molecule has 1 saturated carbocycles. The zero-order valence-corrected chi connectivity index (χ0v) is 14.2. The first-order valence-corrected chi connectivity index (χ1v) is 9.20. The van der Waals surface area contributed by atoms with Crippen molar-refractivity contribution in [3.05, 3.63) is 45.9 Å². The second-order valence-electron chi connectivity index (χ2n) is 6.78. The van der Waals surface area contributed by atoms with Gasteiger partial charge in [0.05, 0.1) is 12.5 Å². The van der Waals surface area contributed by atoms with Gasteiger partial charge in [0.25, 0.3) is 0 Å². The number of carboxylic acids is 1. The van der Waals surface area contributed by atoms with E-state index in [1.807, 2.05) is 18.2 Å². The minimum Gasteiger partial charge on any atom is -0.481 e. The van der Waals surface area contributed by atoms with Gasteiger partial charge in [0.15, 0.2) is 0 Å². The minimum atomic E-state index is -0.972. The summed E-state index contributed by atoms with van der Waals surface area (Å²) in [5.41, 5.74) is 2.81. The van der Waals surface area contributed by atoms with Crippen LogP contribution in [0.1, 0.15) is 38.5 Å². The maximum atomic E-state index is 13.9. The van der Waals surface area contributed by atoms with E-state index in [9.17, 15) is 9.18 Å². The van der Waals surface area contributed by atoms with E-state index in [4.69, 9.17) is 10.4 Å². The highest BCUT2D eigenvalue weighted by atomic mass is 32.2. The van der Waals surface area contributed by atoms with Crippen LogP contribution in [0.2, 0.25) is 0 Å². The highest BCUT2D eigenvalue weighted by Crippen LogP contribution is 2.52. The molecule has 1 unspecified atom stereocenters. The van der Waals surface area contributed by atoms with Gasteiger partial charge in [-0.25, -0.2) is 4.39 Å².